The van der Waals surface area contributed by atoms with Crippen LogP contribution in [0.1, 0.15) is 61.1 Å². The first kappa shape index (κ1) is 21.4. The van der Waals surface area contributed by atoms with Gasteiger partial charge in [0.1, 0.15) is 11.6 Å². The normalized spacial score (nSPS) is 21.7. The van der Waals surface area contributed by atoms with Gasteiger partial charge in [-0.05, 0) is 44.2 Å². The molecule has 0 saturated carbocycles. The van der Waals surface area contributed by atoms with Crippen LogP contribution in [0.5, 0.6) is 0 Å². The van der Waals surface area contributed by atoms with Crippen molar-refractivity contribution < 1.29 is 32.2 Å². The Bertz CT molecular complexity index is 849. The topological polar surface area (TPSA) is 69.6 Å². The number of halogens is 3. The highest BCUT2D eigenvalue weighted by molar-refractivity contribution is 5.94. The first-order chi connectivity index (χ1) is 13.4. The molecule has 0 amide bonds. The minimum absolute atomic E-state index is 0.118. The van der Waals surface area contributed by atoms with Gasteiger partial charge in [-0.3, -0.25) is 10.1 Å². The van der Waals surface area contributed by atoms with E-state index in [-0.39, 0.29) is 18.5 Å². The van der Waals surface area contributed by atoms with Crippen LogP contribution in [0.2, 0.25) is 0 Å². The second kappa shape index (κ2) is 7.51. The molecule has 0 saturated heterocycles. The Morgan fingerprint density at radius 2 is 1.97 bits per heavy atom. The van der Waals surface area contributed by atoms with Gasteiger partial charge < -0.3 is 14.0 Å². The largest absolute Gasteiger partial charge is 0.465 e. The molecule has 2 heterocycles. The van der Waals surface area contributed by atoms with Gasteiger partial charge in [-0.1, -0.05) is 6.08 Å². The molecule has 0 aromatic carbocycles. The molecule has 0 spiro atoms. The molecule has 0 radical (unpaired) electrons. The van der Waals surface area contributed by atoms with Crippen LogP contribution >= 0.6 is 0 Å². The van der Waals surface area contributed by atoms with Gasteiger partial charge in [0.2, 0.25) is 0 Å². The summed E-state index contributed by atoms with van der Waals surface area (Å²) in [5.41, 5.74) is 1.12. The number of esters is 2. The van der Waals surface area contributed by atoms with E-state index < -0.39 is 42.1 Å². The molecule has 2 atom stereocenters. The molecule has 1 aliphatic heterocycles. The fourth-order valence-electron chi connectivity index (χ4n) is 3.90. The van der Waals surface area contributed by atoms with E-state index in [9.17, 15) is 22.8 Å². The smallest absolute Gasteiger partial charge is 0.389 e. The molecular formula is C20H25F3N2O4. The standard InChI is InChI=1S/C20H25F3N2O4/c1-19(2,3)29-18(27)14-10-25-9-13(17(26)28-4)15-11(7-20(21,22)23)5-6-12(8-24-14)16(15)25/h6,9,11,14,24H,5,7-8,10H2,1-4H3. The number of hydrogen-bond acceptors (Lipinski definition) is 5. The SMILES string of the molecule is COC(=O)c1cn2c3c1C(CC(F)(F)F)CC=C3CNC(C(=O)OC(C)(C)C)C2. The van der Waals surface area contributed by atoms with Gasteiger partial charge in [-0.2, -0.15) is 13.2 Å². The van der Waals surface area contributed by atoms with Gasteiger partial charge >= 0.3 is 18.1 Å². The average molecular weight is 414 g/mol. The molecule has 9 heteroatoms. The second-order valence-electron chi connectivity index (χ2n) is 8.40. The highest BCUT2D eigenvalue weighted by Gasteiger charge is 2.40. The first-order valence-electron chi connectivity index (χ1n) is 9.43. The number of aromatic nitrogens is 1. The van der Waals surface area contributed by atoms with Crippen LogP contribution in [0.15, 0.2) is 12.3 Å². The van der Waals surface area contributed by atoms with Crippen LogP contribution in [0.25, 0.3) is 5.57 Å². The number of allylic oxidation sites excluding steroid dienone is 1. The van der Waals surface area contributed by atoms with Crippen LogP contribution in [-0.4, -0.2) is 48.0 Å². The zero-order chi connectivity index (χ0) is 21.6. The fraction of sp³-hybridized carbons (Fsp3) is 0.600. The highest BCUT2D eigenvalue weighted by atomic mass is 19.4. The van der Waals surface area contributed by atoms with Crippen molar-refractivity contribution >= 4 is 17.5 Å². The number of carbonyl (C=O) groups is 2. The minimum atomic E-state index is -4.36. The van der Waals surface area contributed by atoms with E-state index in [1.807, 2.05) is 0 Å². The summed E-state index contributed by atoms with van der Waals surface area (Å²) in [6.07, 6.45) is -1.99. The Hall–Kier alpha value is -2.29. The van der Waals surface area contributed by atoms with Crippen molar-refractivity contribution in [1.82, 2.24) is 9.88 Å². The van der Waals surface area contributed by atoms with Gasteiger partial charge in [-0.15, -0.1) is 0 Å². The maximum absolute atomic E-state index is 13.1. The summed E-state index contributed by atoms with van der Waals surface area (Å²) < 4.78 is 51.3. The van der Waals surface area contributed by atoms with Crippen molar-refractivity contribution in [2.24, 2.45) is 0 Å². The molecule has 0 bridgehead atoms. The van der Waals surface area contributed by atoms with E-state index in [0.717, 1.165) is 5.57 Å². The van der Waals surface area contributed by atoms with Gasteiger partial charge in [0.15, 0.2) is 0 Å². The van der Waals surface area contributed by atoms with Crippen molar-refractivity contribution in [1.29, 1.82) is 0 Å². The third-order valence-corrected chi connectivity index (χ3v) is 4.97. The molecule has 1 N–H and O–H groups in total. The zero-order valence-electron chi connectivity index (χ0n) is 16.9. The number of carbonyl (C=O) groups excluding carboxylic acids is 2. The third-order valence-electron chi connectivity index (χ3n) is 4.97. The van der Waals surface area contributed by atoms with Crippen LogP contribution in [0.3, 0.4) is 0 Å². The maximum Gasteiger partial charge on any atom is 0.389 e. The Morgan fingerprint density at radius 3 is 2.55 bits per heavy atom. The van der Waals surface area contributed by atoms with Crippen molar-refractivity contribution in [2.45, 2.75) is 63.9 Å². The fourth-order valence-corrected chi connectivity index (χ4v) is 3.90. The maximum atomic E-state index is 13.1. The van der Waals surface area contributed by atoms with Crippen molar-refractivity contribution in [3.63, 3.8) is 0 Å². The van der Waals surface area contributed by atoms with E-state index in [1.165, 1.54) is 13.3 Å². The summed E-state index contributed by atoms with van der Waals surface area (Å²) in [6, 6.07) is -0.691. The van der Waals surface area contributed by atoms with Gasteiger partial charge in [0.25, 0.3) is 0 Å². The predicted molar refractivity (Wildman–Crippen MR) is 99.4 cm³/mol. The zero-order valence-corrected chi connectivity index (χ0v) is 16.9. The summed E-state index contributed by atoms with van der Waals surface area (Å²) in [4.78, 5) is 24.9. The van der Waals surface area contributed by atoms with Crippen molar-refractivity contribution in [2.75, 3.05) is 13.7 Å². The van der Waals surface area contributed by atoms with E-state index in [2.05, 4.69) is 5.32 Å². The van der Waals surface area contributed by atoms with E-state index in [0.29, 0.717) is 17.8 Å². The number of methoxy groups -OCH3 is 1. The molecule has 3 rings (SSSR count). The average Bonchev–Trinajstić information content (AvgIpc) is 2.86. The second-order valence-corrected chi connectivity index (χ2v) is 8.40. The Morgan fingerprint density at radius 1 is 1.28 bits per heavy atom. The summed E-state index contributed by atoms with van der Waals surface area (Å²) in [5.74, 6) is -2.01. The summed E-state index contributed by atoms with van der Waals surface area (Å²) in [5, 5.41) is 3.12. The molecule has 29 heavy (non-hydrogen) atoms. The van der Waals surface area contributed by atoms with Crippen molar-refractivity contribution in [3.05, 3.63) is 29.1 Å². The Labute approximate surface area is 167 Å². The molecule has 6 nitrogen and oxygen atoms in total. The monoisotopic (exact) mass is 414 g/mol. The Balaban J connectivity index is 2.02. The van der Waals surface area contributed by atoms with Gasteiger partial charge in [0, 0.05) is 25.0 Å². The molecule has 1 aliphatic carbocycles. The number of rotatable bonds is 3. The summed E-state index contributed by atoms with van der Waals surface area (Å²) >= 11 is 0. The number of alkyl halides is 3. The Kier molecular flexibility index (Phi) is 5.55. The molecular weight excluding hydrogens is 389 g/mol. The van der Waals surface area contributed by atoms with Gasteiger partial charge in [0.05, 0.1) is 19.1 Å². The highest BCUT2D eigenvalue weighted by Crippen LogP contribution is 2.44. The lowest BCUT2D eigenvalue weighted by Crippen LogP contribution is -2.43. The van der Waals surface area contributed by atoms with Crippen LogP contribution in [-0.2, 0) is 20.8 Å². The van der Waals surface area contributed by atoms with Gasteiger partial charge in [-0.25, -0.2) is 4.79 Å². The lowest BCUT2D eigenvalue weighted by Gasteiger charge is -2.25. The van der Waals surface area contributed by atoms with Crippen LogP contribution < -0.4 is 5.32 Å². The first-order valence-corrected chi connectivity index (χ1v) is 9.43. The minimum Gasteiger partial charge on any atom is -0.465 e. The quantitative estimate of drug-likeness (QED) is 0.768. The van der Waals surface area contributed by atoms with Crippen LogP contribution in [0, 0.1) is 0 Å². The predicted octanol–water partition coefficient (Wildman–Crippen LogP) is 3.41. The van der Waals surface area contributed by atoms with Crippen molar-refractivity contribution in [3.8, 4) is 0 Å². The number of hydrogen-bond donors (Lipinski definition) is 1. The van der Waals surface area contributed by atoms with E-state index in [1.54, 1.807) is 31.4 Å². The molecule has 2 aliphatic rings. The number of ether oxygens (including phenoxy) is 2. The lowest BCUT2D eigenvalue weighted by molar-refractivity contribution is -0.157. The lowest BCUT2D eigenvalue weighted by atomic mass is 9.83. The van der Waals surface area contributed by atoms with E-state index >= 15 is 0 Å². The molecule has 1 aromatic rings. The van der Waals surface area contributed by atoms with Crippen LogP contribution in [0.4, 0.5) is 13.2 Å². The molecule has 160 valence electrons. The third kappa shape index (κ3) is 4.66. The summed E-state index contributed by atoms with van der Waals surface area (Å²) in [7, 11) is 1.20. The molecule has 2 unspecified atom stereocenters. The molecule has 1 aromatic heterocycles. The number of nitrogens with zero attached hydrogens (tertiary/aromatic N) is 1. The summed E-state index contributed by atoms with van der Waals surface area (Å²) in [6.45, 7) is 5.72. The van der Waals surface area contributed by atoms with E-state index in [4.69, 9.17) is 9.47 Å². The number of nitrogens with one attached hydrogen (secondary N) is 1. The molecule has 0 fully saturated rings.